The van der Waals surface area contributed by atoms with E-state index in [1.165, 1.54) is 6.42 Å². The molecule has 1 aliphatic carbocycles. The van der Waals surface area contributed by atoms with E-state index >= 15 is 0 Å². The predicted molar refractivity (Wildman–Crippen MR) is 37.5 cm³/mol. The molecule has 1 saturated carbocycles. The minimum atomic E-state index is -0.585. The Balaban J connectivity index is 0.000000810. The molecule has 1 radical (unpaired) electrons. The Morgan fingerprint density at radius 3 is 2.10 bits per heavy atom. The SMILES string of the molecule is NC1CCCCC1(N)N.[Cu]. The van der Waals surface area contributed by atoms with Crippen LogP contribution in [0.25, 0.3) is 0 Å². The van der Waals surface area contributed by atoms with E-state index in [1.807, 2.05) is 0 Å². The minimum absolute atomic E-state index is 0. The van der Waals surface area contributed by atoms with E-state index in [0.717, 1.165) is 19.3 Å². The van der Waals surface area contributed by atoms with Crippen LogP contribution in [0.5, 0.6) is 0 Å². The fraction of sp³-hybridized carbons (Fsp3) is 1.00. The van der Waals surface area contributed by atoms with Crippen molar-refractivity contribution in [2.24, 2.45) is 17.2 Å². The molecule has 0 saturated heterocycles. The topological polar surface area (TPSA) is 78.1 Å². The molecule has 1 rings (SSSR count). The van der Waals surface area contributed by atoms with Gasteiger partial charge in [-0.25, -0.2) is 0 Å². The zero-order valence-corrected chi connectivity index (χ0v) is 6.88. The first-order valence-electron chi connectivity index (χ1n) is 3.46. The normalized spacial score (nSPS) is 30.9. The standard InChI is InChI=1S/C6H15N3.Cu/c7-5-3-1-2-4-6(5,8)9;/h5H,1-4,7-9H2;. The van der Waals surface area contributed by atoms with Crippen LogP contribution in [0.4, 0.5) is 0 Å². The van der Waals surface area contributed by atoms with Crippen LogP contribution < -0.4 is 17.2 Å². The first-order chi connectivity index (χ1) is 4.13. The monoisotopic (exact) mass is 192 g/mol. The van der Waals surface area contributed by atoms with Gasteiger partial charge >= 0.3 is 0 Å². The van der Waals surface area contributed by atoms with Gasteiger partial charge in [-0.1, -0.05) is 12.8 Å². The molecule has 65 valence electrons. The van der Waals surface area contributed by atoms with Gasteiger partial charge in [0.2, 0.25) is 0 Å². The molecule has 0 aromatic carbocycles. The summed E-state index contributed by atoms with van der Waals surface area (Å²) in [6, 6.07) is 0.00579. The van der Waals surface area contributed by atoms with Crippen molar-refractivity contribution in [3.05, 3.63) is 0 Å². The van der Waals surface area contributed by atoms with Gasteiger partial charge in [-0.05, 0) is 12.8 Å². The second kappa shape index (κ2) is 3.69. The van der Waals surface area contributed by atoms with Gasteiger partial charge in [0.25, 0.3) is 0 Å². The Morgan fingerprint density at radius 2 is 1.80 bits per heavy atom. The van der Waals surface area contributed by atoms with E-state index in [0.29, 0.717) is 0 Å². The summed E-state index contributed by atoms with van der Waals surface area (Å²) < 4.78 is 0. The van der Waals surface area contributed by atoms with Gasteiger partial charge in [-0.2, -0.15) is 0 Å². The smallest absolute Gasteiger partial charge is 0.0792 e. The Morgan fingerprint density at radius 1 is 1.20 bits per heavy atom. The van der Waals surface area contributed by atoms with Crippen molar-refractivity contribution in [1.82, 2.24) is 0 Å². The molecule has 0 heterocycles. The van der Waals surface area contributed by atoms with E-state index < -0.39 is 5.66 Å². The molecule has 0 aromatic heterocycles. The van der Waals surface area contributed by atoms with Gasteiger partial charge in [0, 0.05) is 23.1 Å². The van der Waals surface area contributed by atoms with E-state index in [9.17, 15) is 0 Å². The van der Waals surface area contributed by atoms with Crippen molar-refractivity contribution in [2.45, 2.75) is 37.4 Å². The van der Waals surface area contributed by atoms with E-state index in [4.69, 9.17) is 17.2 Å². The quantitative estimate of drug-likeness (QED) is 0.358. The van der Waals surface area contributed by atoms with Crippen molar-refractivity contribution in [1.29, 1.82) is 0 Å². The first kappa shape index (κ1) is 10.4. The summed E-state index contributed by atoms with van der Waals surface area (Å²) in [4.78, 5) is 0. The maximum Gasteiger partial charge on any atom is 0.0792 e. The van der Waals surface area contributed by atoms with Crippen LogP contribution in [-0.4, -0.2) is 11.7 Å². The van der Waals surface area contributed by atoms with Crippen LogP contribution in [0.15, 0.2) is 0 Å². The first-order valence-corrected chi connectivity index (χ1v) is 3.46. The molecule has 0 aromatic rings. The second-order valence-corrected chi connectivity index (χ2v) is 2.96. The molecule has 1 atom stereocenters. The zero-order chi connectivity index (χ0) is 6.91. The molecule has 10 heavy (non-hydrogen) atoms. The van der Waals surface area contributed by atoms with Crippen LogP contribution in [0.3, 0.4) is 0 Å². The molecule has 0 amide bonds. The van der Waals surface area contributed by atoms with Crippen LogP contribution in [0.2, 0.25) is 0 Å². The zero-order valence-electron chi connectivity index (χ0n) is 5.94. The molecule has 0 spiro atoms. The summed E-state index contributed by atoms with van der Waals surface area (Å²) in [5.41, 5.74) is 16.4. The maximum atomic E-state index is 5.67. The van der Waals surface area contributed by atoms with Gasteiger partial charge in [0.05, 0.1) is 5.66 Å². The number of hydrogen-bond acceptors (Lipinski definition) is 3. The average Bonchev–Trinajstić information content (AvgIpc) is 1.77. The van der Waals surface area contributed by atoms with Crippen molar-refractivity contribution < 1.29 is 17.1 Å². The summed E-state index contributed by atoms with van der Waals surface area (Å²) in [5, 5.41) is 0. The van der Waals surface area contributed by atoms with Gasteiger partial charge in [-0.3, -0.25) is 0 Å². The summed E-state index contributed by atoms with van der Waals surface area (Å²) >= 11 is 0. The summed E-state index contributed by atoms with van der Waals surface area (Å²) in [6.07, 6.45) is 4.15. The predicted octanol–water partition coefficient (Wildman–Crippen LogP) is -0.501. The van der Waals surface area contributed by atoms with Crippen molar-refractivity contribution in [2.75, 3.05) is 0 Å². The molecular formula is C6H15CuN3. The Bertz CT molecular complexity index is 105. The molecule has 3 nitrogen and oxygen atoms in total. The number of rotatable bonds is 0. The van der Waals surface area contributed by atoms with Crippen LogP contribution in [0.1, 0.15) is 25.7 Å². The molecule has 0 bridgehead atoms. The van der Waals surface area contributed by atoms with Crippen molar-refractivity contribution in [3.63, 3.8) is 0 Å². The van der Waals surface area contributed by atoms with E-state index in [2.05, 4.69) is 0 Å². The van der Waals surface area contributed by atoms with Crippen LogP contribution in [-0.2, 0) is 17.1 Å². The summed E-state index contributed by atoms with van der Waals surface area (Å²) in [5.74, 6) is 0. The third kappa shape index (κ3) is 2.22. The number of hydrogen-bond donors (Lipinski definition) is 3. The minimum Gasteiger partial charge on any atom is -0.325 e. The maximum absolute atomic E-state index is 5.67. The Hall–Kier alpha value is 0.399. The molecule has 0 aliphatic heterocycles. The van der Waals surface area contributed by atoms with Gasteiger partial charge in [0.1, 0.15) is 0 Å². The fourth-order valence-electron chi connectivity index (χ4n) is 1.25. The number of nitrogens with two attached hydrogens (primary N) is 3. The Labute approximate surface area is 72.2 Å². The van der Waals surface area contributed by atoms with Gasteiger partial charge in [-0.15, -0.1) is 0 Å². The van der Waals surface area contributed by atoms with E-state index in [1.54, 1.807) is 0 Å². The average molecular weight is 193 g/mol. The van der Waals surface area contributed by atoms with Crippen molar-refractivity contribution in [3.8, 4) is 0 Å². The molecule has 4 heteroatoms. The van der Waals surface area contributed by atoms with Crippen LogP contribution >= 0.6 is 0 Å². The van der Waals surface area contributed by atoms with Crippen LogP contribution in [0, 0.1) is 0 Å². The van der Waals surface area contributed by atoms with Gasteiger partial charge < -0.3 is 17.2 Å². The summed E-state index contributed by atoms with van der Waals surface area (Å²) in [7, 11) is 0. The molecule has 6 N–H and O–H groups in total. The van der Waals surface area contributed by atoms with Gasteiger partial charge in [0.15, 0.2) is 0 Å². The van der Waals surface area contributed by atoms with Crippen molar-refractivity contribution >= 4 is 0 Å². The van der Waals surface area contributed by atoms with E-state index in [-0.39, 0.29) is 23.1 Å². The molecule has 1 fully saturated rings. The third-order valence-electron chi connectivity index (χ3n) is 2.07. The molecular weight excluding hydrogens is 178 g/mol. The second-order valence-electron chi connectivity index (χ2n) is 2.96. The summed E-state index contributed by atoms with van der Waals surface area (Å²) in [6.45, 7) is 0. The largest absolute Gasteiger partial charge is 0.325 e. The molecule has 1 unspecified atom stereocenters. The molecule has 1 aliphatic rings. The third-order valence-corrected chi connectivity index (χ3v) is 2.07. The Kier molecular flexibility index (Phi) is 3.84. The fourth-order valence-corrected chi connectivity index (χ4v) is 1.25.